The molecule has 2 heterocycles. The van der Waals surface area contributed by atoms with Crippen LogP contribution in [-0.2, 0) is 13.1 Å². The number of aromatic nitrogens is 1. The average Bonchev–Trinajstić information content (AvgIpc) is 2.78. The van der Waals surface area contributed by atoms with Crippen molar-refractivity contribution in [2.24, 2.45) is 0 Å². The van der Waals surface area contributed by atoms with E-state index < -0.39 is 0 Å². The molecule has 0 bridgehead atoms. The lowest BCUT2D eigenvalue weighted by Gasteiger charge is -2.34. The molecule has 148 valence electrons. The second-order valence-corrected chi connectivity index (χ2v) is 7.43. The lowest BCUT2D eigenvalue weighted by molar-refractivity contribution is 0.102. The van der Waals surface area contributed by atoms with Gasteiger partial charge in [-0.3, -0.25) is 19.6 Å². The van der Waals surface area contributed by atoms with E-state index in [2.05, 4.69) is 62.6 Å². The van der Waals surface area contributed by atoms with Gasteiger partial charge in [-0.15, -0.1) is 0 Å². The first-order chi connectivity index (χ1) is 14.3. The molecular weight excluding hydrogens is 360 g/mol. The normalized spacial score (nSPS) is 15.2. The minimum Gasteiger partial charge on any atom is -0.322 e. The summed E-state index contributed by atoms with van der Waals surface area (Å²) >= 11 is 0. The van der Waals surface area contributed by atoms with Crippen molar-refractivity contribution in [2.45, 2.75) is 13.1 Å². The molecule has 0 atom stereocenters. The molecule has 1 aromatic heterocycles. The van der Waals surface area contributed by atoms with Crippen LogP contribution in [-0.4, -0.2) is 46.9 Å². The van der Waals surface area contributed by atoms with E-state index >= 15 is 0 Å². The van der Waals surface area contributed by atoms with E-state index in [0.717, 1.165) is 45.0 Å². The molecular formula is C24H26N4O. The van der Waals surface area contributed by atoms with Gasteiger partial charge in [-0.1, -0.05) is 42.5 Å². The average molecular weight is 386 g/mol. The van der Waals surface area contributed by atoms with Crippen LogP contribution in [0, 0.1) is 0 Å². The summed E-state index contributed by atoms with van der Waals surface area (Å²) < 4.78 is 0. The van der Waals surface area contributed by atoms with E-state index in [9.17, 15) is 4.79 Å². The first kappa shape index (κ1) is 19.3. The van der Waals surface area contributed by atoms with Crippen molar-refractivity contribution in [3.05, 3.63) is 95.8 Å². The Hall–Kier alpha value is -3.02. The topological polar surface area (TPSA) is 48.5 Å². The first-order valence-corrected chi connectivity index (χ1v) is 10.1. The van der Waals surface area contributed by atoms with E-state index in [0.29, 0.717) is 5.56 Å². The number of nitrogens with zero attached hydrogens (tertiary/aromatic N) is 3. The Kier molecular flexibility index (Phi) is 6.29. The molecule has 29 heavy (non-hydrogen) atoms. The summed E-state index contributed by atoms with van der Waals surface area (Å²) in [6.45, 7) is 6.30. The fourth-order valence-corrected chi connectivity index (χ4v) is 3.60. The maximum Gasteiger partial charge on any atom is 0.257 e. The van der Waals surface area contributed by atoms with Gasteiger partial charge in [0, 0.05) is 57.3 Å². The number of benzene rings is 2. The number of piperazine rings is 1. The van der Waals surface area contributed by atoms with Crippen LogP contribution in [0.25, 0.3) is 0 Å². The Morgan fingerprint density at radius 2 is 1.41 bits per heavy atom. The molecule has 0 aliphatic carbocycles. The van der Waals surface area contributed by atoms with Gasteiger partial charge in [-0.2, -0.15) is 0 Å². The highest BCUT2D eigenvalue weighted by atomic mass is 16.1. The van der Waals surface area contributed by atoms with E-state index in [4.69, 9.17) is 0 Å². The molecule has 1 saturated heterocycles. The van der Waals surface area contributed by atoms with E-state index in [1.54, 1.807) is 24.5 Å². The minimum atomic E-state index is -0.139. The quantitative estimate of drug-likeness (QED) is 0.703. The van der Waals surface area contributed by atoms with Crippen molar-refractivity contribution in [1.29, 1.82) is 0 Å². The van der Waals surface area contributed by atoms with Gasteiger partial charge in [0.05, 0.1) is 5.56 Å². The lowest BCUT2D eigenvalue weighted by atomic mass is 10.1. The number of hydrogen-bond donors (Lipinski definition) is 1. The summed E-state index contributed by atoms with van der Waals surface area (Å²) in [6, 6.07) is 22.3. The fourth-order valence-electron chi connectivity index (χ4n) is 3.60. The number of amides is 1. The smallest absolute Gasteiger partial charge is 0.257 e. The standard InChI is InChI=1S/C24H26N4O/c29-24(22-7-4-12-25-17-22)26-23-10-8-21(9-11-23)19-28-15-13-27(14-16-28)18-20-5-2-1-3-6-20/h1-12,17H,13-16,18-19H2,(H,26,29). The summed E-state index contributed by atoms with van der Waals surface area (Å²) in [5.74, 6) is -0.139. The lowest BCUT2D eigenvalue weighted by Crippen LogP contribution is -2.45. The summed E-state index contributed by atoms with van der Waals surface area (Å²) in [6.07, 6.45) is 3.23. The molecule has 0 saturated carbocycles. The van der Waals surface area contributed by atoms with Gasteiger partial charge in [-0.25, -0.2) is 0 Å². The minimum absolute atomic E-state index is 0.139. The van der Waals surface area contributed by atoms with Crippen molar-refractivity contribution >= 4 is 11.6 Å². The van der Waals surface area contributed by atoms with Crippen LogP contribution >= 0.6 is 0 Å². The zero-order valence-electron chi connectivity index (χ0n) is 16.5. The highest BCUT2D eigenvalue weighted by Crippen LogP contribution is 2.15. The maximum atomic E-state index is 12.2. The molecule has 1 N–H and O–H groups in total. The predicted octanol–water partition coefficient (Wildman–Crippen LogP) is 3.65. The van der Waals surface area contributed by atoms with Gasteiger partial charge < -0.3 is 5.32 Å². The second kappa shape index (κ2) is 9.45. The van der Waals surface area contributed by atoms with Crippen molar-refractivity contribution in [2.75, 3.05) is 31.5 Å². The number of nitrogens with one attached hydrogen (secondary N) is 1. The second-order valence-electron chi connectivity index (χ2n) is 7.43. The van der Waals surface area contributed by atoms with E-state index in [-0.39, 0.29) is 5.91 Å². The molecule has 5 heteroatoms. The van der Waals surface area contributed by atoms with Crippen molar-refractivity contribution < 1.29 is 4.79 Å². The molecule has 4 rings (SSSR count). The van der Waals surface area contributed by atoms with Crippen LogP contribution < -0.4 is 5.32 Å². The number of carbonyl (C=O) groups is 1. The van der Waals surface area contributed by atoms with Crippen molar-refractivity contribution in [3.63, 3.8) is 0 Å². The van der Waals surface area contributed by atoms with E-state index in [1.165, 1.54) is 11.1 Å². The first-order valence-electron chi connectivity index (χ1n) is 10.1. The Bertz CT molecular complexity index is 905. The summed E-state index contributed by atoms with van der Waals surface area (Å²) in [5, 5.41) is 2.92. The highest BCUT2D eigenvalue weighted by molar-refractivity contribution is 6.03. The molecule has 0 spiro atoms. The molecule has 5 nitrogen and oxygen atoms in total. The maximum absolute atomic E-state index is 12.2. The van der Waals surface area contributed by atoms with Crippen LogP contribution in [0.5, 0.6) is 0 Å². The van der Waals surface area contributed by atoms with Gasteiger partial charge in [-0.05, 0) is 35.4 Å². The van der Waals surface area contributed by atoms with Crippen LogP contribution in [0.2, 0.25) is 0 Å². The molecule has 1 fully saturated rings. The summed E-state index contributed by atoms with van der Waals surface area (Å²) in [5.41, 5.74) is 4.01. The Morgan fingerprint density at radius 1 is 0.793 bits per heavy atom. The molecule has 0 unspecified atom stereocenters. The number of anilines is 1. The van der Waals surface area contributed by atoms with Crippen molar-refractivity contribution in [1.82, 2.24) is 14.8 Å². The van der Waals surface area contributed by atoms with Crippen LogP contribution in [0.3, 0.4) is 0 Å². The Morgan fingerprint density at radius 3 is 2.00 bits per heavy atom. The SMILES string of the molecule is O=C(Nc1ccc(CN2CCN(Cc3ccccc3)CC2)cc1)c1cccnc1. The molecule has 1 aliphatic heterocycles. The van der Waals surface area contributed by atoms with Gasteiger partial charge in [0.1, 0.15) is 0 Å². The molecule has 2 aromatic carbocycles. The number of hydrogen-bond acceptors (Lipinski definition) is 4. The zero-order chi connectivity index (χ0) is 19.9. The van der Waals surface area contributed by atoms with Crippen LogP contribution in [0.15, 0.2) is 79.1 Å². The number of carbonyl (C=O) groups excluding carboxylic acids is 1. The van der Waals surface area contributed by atoms with Gasteiger partial charge in [0.2, 0.25) is 0 Å². The van der Waals surface area contributed by atoms with Crippen LogP contribution in [0.1, 0.15) is 21.5 Å². The van der Waals surface area contributed by atoms with Crippen molar-refractivity contribution in [3.8, 4) is 0 Å². The Labute approximate surface area is 172 Å². The van der Waals surface area contributed by atoms with E-state index in [1.807, 2.05) is 12.1 Å². The molecule has 1 aliphatic rings. The largest absolute Gasteiger partial charge is 0.322 e. The number of pyridine rings is 1. The molecule has 3 aromatic rings. The highest BCUT2D eigenvalue weighted by Gasteiger charge is 2.17. The Balaban J connectivity index is 1.25. The third-order valence-electron chi connectivity index (χ3n) is 5.26. The molecule has 0 radical (unpaired) electrons. The van der Waals surface area contributed by atoms with Gasteiger partial charge in [0.25, 0.3) is 5.91 Å². The van der Waals surface area contributed by atoms with Crippen LogP contribution in [0.4, 0.5) is 5.69 Å². The summed E-state index contributed by atoms with van der Waals surface area (Å²) in [4.78, 5) is 21.2. The van der Waals surface area contributed by atoms with Gasteiger partial charge >= 0.3 is 0 Å². The fraction of sp³-hybridized carbons (Fsp3) is 0.250. The number of rotatable bonds is 6. The monoisotopic (exact) mass is 386 g/mol. The third-order valence-corrected chi connectivity index (χ3v) is 5.26. The third kappa shape index (κ3) is 5.50. The molecule has 1 amide bonds. The zero-order valence-corrected chi connectivity index (χ0v) is 16.5. The van der Waals surface area contributed by atoms with Gasteiger partial charge in [0.15, 0.2) is 0 Å². The predicted molar refractivity (Wildman–Crippen MR) is 116 cm³/mol. The summed E-state index contributed by atoms with van der Waals surface area (Å²) in [7, 11) is 0.